The topological polar surface area (TPSA) is 20.2 Å². The van der Waals surface area contributed by atoms with Crippen LogP contribution in [-0.2, 0) is 6.42 Å². The summed E-state index contributed by atoms with van der Waals surface area (Å²) < 4.78 is 1.15. The summed E-state index contributed by atoms with van der Waals surface area (Å²) in [7, 11) is 4.75. The zero-order chi connectivity index (χ0) is 17.2. The van der Waals surface area contributed by atoms with E-state index >= 15 is 0 Å². The van der Waals surface area contributed by atoms with Gasteiger partial charge in [0, 0.05) is 12.0 Å². The minimum Gasteiger partial charge on any atom is -1.00 e. The third-order valence-electron chi connectivity index (χ3n) is 5.72. The molecule has 1 aliphatic rings. The highest BCUT2D eigenvalue weighted by atomic mass is 79.9. The number of halogens is 1. The number of aromatic hydroxyl groups is 1. The largest absolute Gasteiger partial charge is 1.00 e. The summed E-state index contributed by atoms with van der Waals surface area (Å²) in [5.41, 5.74) is 4.68. The van der Waals surface area contributed by atoms with E-state index < -0.39 is 0 Å². The first-order valence-corrected chi connectivity index (χ1v) is 9.18. The summed E-state index contributed by atoms with van der Waals surface area (Å²) in [4.78, 5) is 0. The zero-order valence-electron chi connectivity index (χ0n) is 15.6. The highest BCUT2D eigenvalue weighted by Crippen LogP contribution is 2.34. The molecule has 1 atom stereocenters. The molecule has 1 N–H and O–H groups in total. The predicted molar refractivity (Wildman–Crippen MR) is 101 cm³/mol. The fraction of sp³-hybridized carbons (Fsp3) is 0.455. The number of likely N-dealkylation sites (tertiary alicyclic amines) is 1. The maximum Gasteiger partial charge on any atom is 0.123 e. The van der Waals surface area contributed by atoms with Crippen molar-refractivity contribution in [2.24, 2.45) is 0 Å². The fourth-order valence-electron chi connectivity index (χ4n) is 4.11. The second-order valence-electron chi connectivity index (χ2n) is 7.87. The van der Waals surface area contributed by atoms with Gasteiger partial charge in [0.25, 0.3) is 0 Å². The van der Waals surface area contributed by atoms with Gasteiger partial charge >= 0.3 is 0 Å². The smallest absolute Gasteiger partial charge is 0.123 e. The van der Waals surface area contributed by atoms with Crippen LogP contribution in [0, 0.1) is 6.92 Å². The second kappa shape index (κ2) is 8.37. The van der Waals surface area contributed by atoms with Crippen molar-refractivity contribution in [2.45, 2.75) is 45.1 Å². The van der Waals surface area contributed by atoms with Crippen molar-refractivity contribution in [1.29, 1.82) is 0 Å². The standard InChI is InChI=1S/C22H29NO.BrH/c1-17-11-14-22(24)21(16-17)20-10-5-4-8-18(20)12-13-19-9-6-7-15-23(19,2)3;/h4-5,8,10-11,14,16,19H,6-7,9,12-13,15H2,1-3H3;1H. The molecule has 3 heteroatoms. The van der Waals surface area contributed by atoms with Crippen molar-refractivity contribution < 1.29 is 26.6 Å². The van der Waals surface area contributed by atoms with Crippen LogP contribution in [0.5, 0.6) is 5.75 Å². The van der Waals surface area contributed by atoms with E-state index in [-0.39, 0.29) is 17.0 Å². The summed E-state index contributed by atoms with van der Waals surface area (Å²) in [6, 6.07) is 15.2. The van der Waals surface area contributed by atoms with E-state index in [0.29, 0.717) is 5.75 Å². The van der Waals surface area contributed by atoms with E-state index in [0.717, 1.165) is 22.5 Å². The van der Waals surface area contributed by atoms with E-state index in [1.54, 1.807) is 0 Å². The van der Waals surface area contributed by atoms with Crippen LogP contribution in [0.4, 0.5) is 0 Å². The minimum absolute atomic E-state index is 0. The molecule has 2 aromatic rings. The Balaban J connectivity index is 0.00000225. The van der Waals surface area contributed by atoms with Crippen molar-refractivity contribution >= 4 is 0 Å². The molecule has 1 aliphatic heterocycles. The molecule has 136 valence electrons. The van der Waals surface area contributed by atoms with Gasteiger partial charge in [0.05, 0.1) is 26.7 Å². The summed E-state index contributed by atoms with van der Waals surface area (Å²) in [6.45, 7) is 3.37. The summed E-state index contributed by atoms with van der Waals surface area (Å²) in [5, 5.41) is 10.3. The number of nitrogens with zero attached hydrogens (tertiary/aromatic N) is 1. The van der Waals surface area contributed by atoms with Gasteiger partial charge in [0.15, 0.2) is 0 Å². The summed E-state index contributed by atoms with van der Waals surface area (Å²) in [6.07, 6.45) is 6.36. The Morgan fingerprint density at radius 3 is 2.56 bits per heavy atom. The van der Waals surface area contributed by atoms with Gasteiger partial charge in [-0.25, -0.2) is 0 Å². The lowest BCUT2D eigenvalue weighted by Crippen LogP contribution is -3.00. The second-order valence-corrected chi connectivity index (χ2v) is 7.87. The van der Waals surface area contributed by atoms with E-state index in [2.05, 4.69) is 51.4 Å². The van der Waals surface area contributed by atoms with Gasteiger partial charge in [-0.3, -0.25) is 0 Å². The van der Waals surface area contributed by atoms with E-state index in [1.807, 2.05) is 12.1 Å². The molecule has 0 bridgehead atoms. The average Bonchev–Trinajstić information content (AvgIpc) is 2.56. The molecule has 1 unspecified atom stereocenters. The van der Waals surface area contributed by atoms with Crippen LogP contribution in [0.2, 0.25) is 0 Å². The van der Waals surface area contributed by atoms with Crippen LogP contribution in [0.3, 0.4) is 0 Å². The lowest BCUT2D eigenvalue weighted by molar-refractivity contribution is -0.920. The highest BCUT2D eigenvalue weighted by molar-refractivity contribution is 5.73. The molecule has 2 nitrogen and oxygen atoms in total. The highest BCUT2D eigenvalue weighted by Gasteiger charge is 2.31. The Morgan fingerprint density at radius 1 is 1.04 bits per heavy atom. The molecule has 1 fully saturated rings. The van der Waals surface area contributed by atoms with Crippen molar-refractivity contribution in [1.82, 2.24) is 0 Å². The maximum absolute atomic E-state index is 10.3. The van der Waals surface area contributed by atoms with E-state index in [4.69, 9.17) is 0 Å². The molecule has 0 aliphatic carbocycles. The molecule has 0 amide bonds. The minimum atomic E-state index is 0. The van der Waals surface area contributed by atoms with E-state index in [1.165, 1.54) is 48.9 Å². The first kappa shape index (κ1) is 20.0. The van der Waals surface area contributed by atoms with Gasteiger partial charge in [-0.1, -0.05) is 35.9 Å². The van der Waals surface area contributed by atoms with Crippen LogP contribution in [-0.4, -0.2) is 36.3 Å². The number of phenols is 1. The quantitative estimate of drug-likeness (QED) is 0.773. The Morgan fingerprint density at radius 2 is 1.80 bits per heavy atom. The van der Waals surface area contributed by atoms with Crippen molar-refractivity contribution in [3.8, 4) is 16.9 Å². The van der Waals surface area contributed by atoms with Crippen molar-refractivity contribution in [3.63, 3.8) is 0 Å². The van der Waals surface area contributed by atoms with Gasteiger partial charge in [0.2, 0.25) is 0 Å². The molecule has 2 aromatic carbocycles. The van der Waals surface area contributed by atoms with Crippen LogP contribution in [0.15, 0.2) is 42.5 Å². The Hall–Kier alpha value is -1.32. The van der Waals surface area contributed by atoms with Crippen molar-refractivity contribution in [3.05, 3.63) is 53.6 Å². The molecular weight excluding hydrogens is 374 g/mol. The molecule has 0 spiro atoms. The third-order valence-corrected chi connectivity index (χ3v) is 5.72. The lowest BCUT2D eigenvalue weighted by atomic mass is 9.90. The Bertz CT molecular complexity index is 711. The number of benzene rings is 2. The number of phenolic OH excluding ortho intramolecular Hbond substituents is 1. The molecule has 1 heterocycles. The number of hydrogen-bond donors (Lipinski definition) is 1. The first-order chi connectivity index (χ1) is 11.5. The predicted octanol–water partition coefficient (Wildman–Crippen LogP) is 1.93. The van der Waals surface area contributed by atoms with Crippen LogP contribution in [0.25, 0.3) is 11.1 Å². The average molecular weight is 404 g/mol. The number of aryl methyl sites for hydroxylation is 2. The molecule has 0 radical (unpaired) electrons. The van der Waals surface area contributed by atoms with E-state index in [9.17, 15) is 5.11 Å². The number of quaternary nitrogens is 1. The Kier molecular flexibility index (Phi) is 6.70. The molecule has 0 saturated carbocycles. The molecule has 3 rings (SSSR count). The van der Waals surface area contributed by atoms with Crippen molar-refractivity contribution in [2.75, 3.05) is 20.6 Å². The SMILES string of the molecule is Cc1ccc(O)c(-c2ccccc2CCC2CCCC[N+]2(C)C)c1.[Br-]. The summed E-state index contributed by atoms with van der Waals surface area (Å²) in [5.74, 6) is 0.377. The third kappa shape index (κ3) is 4.65. The normalized spacial score (nSPS) is 19.2. The summed E-state index contributed by atoms with van der Waals surface area (Å²) >= 11 is 0. The molecule has 0 aromatic heterocycles. The molecule has 25 heavy (non-hydrogen) atoms. The monoisotopic (exact) mass is 403 g/mol. The van der Waals surface area contributed by atoms with Crippen LogP contribution < -0.4 is 17.0 Å². The maximum atomic E-state index is 10.3. The van der Waals surface area contributed by atoms with Gasteiger partial charge in [-0.15, -0.1) is 0 Å². The zero-order valence-corrected chi connectivity index (χ0v) is 17.2. The Labute approximate surface area is 162 Å². The lowest BCUT2D eigenvalue weighted by Gasteiger charge is -2.42. The molecule has 1 saturated heterocycles. The number of rotatable bonds is 4. The number of hydrogen-bond acceptors (Lipinski definition) is 1. The van der Waals surface area contributed by atoms with Gasteiger partial charge in [-0.2, -0.15) is 0 Å². The molecular formula is C22H30BrNO. The first-order valence-electron chi connectivity index (χ1n) is 9.18. The number of piperidine rings is 1. The van der Waals surface area contributed by atoms with Gasteiger partial charge < -0.3 is 26.6 Å². The van der Waals surface area contributed by atoms with Crippen LogP contribution in [0.1, 0.15) is 36.8 Å². The van der Waals surface area contributed by atoms with Gasteiger partial charge in [0.1, 0.15) is 5.75 Å². The fourth-order valence-corrected chi connectivity index (χ4v) is 4.11. The van der Waals surface area contributed by atoms with Gasteiger partial charge in [-0.05, 0) is 55.9 Å². The van der Waals surface area contributed by atoms with Crippen LogP contribution >= 0.6 is 0 Å².